The van der Waals surface area contributed by atoms with Crippen LogP contribution in [-0.2, 0) is 4.79 Å². The van der Waals surface area contributed by atoms with Gasteiger partial charge in [0.2, 0.25) is 0 Å². The van der Waals surface area contributed by atoms with Gasteiger partial charge in [0.25, 0.3) is 0 Å². The normalized spacial score (nSPS) is 26.5. The van der Waals surface area contributed by atoms with Crippen molar-refractivity contribution in [2.45, 2.75) is 51.6 Å². The van der Waals surface area contributed by atoms with Gasteiger partial charge in [-0.05, 0) is 52.7 Å². The summed E-state index contributed by atoms with van der Waals surface area (Å²) in [5, 5.41) is 3.27. The van der Waals surface area contributed by atoms with Gasteiger partial charge < -0.3 is 20.0 Å². The molecule has 1 aliphatic heterocycles. The van der Waals surface area contributed by atoms with Crippen LogP contribution >= 0.6 is 0 Å². The molecule has 2 fully saturated rings. The van der Waals surface area contributed by atoms with E-state index < -0.39 is 0 Å². The predicted octanol–water partition coefficient (Wildman–Crippen LogP) is 1.86. The fraction of sp³-hybridized carbons (Fsp3) is 0.818. The van der Waals surface area contributed by atoms with E-state index in [9.17, 15) is 9.59 Å². The van der Waals surface area contributed by atoms with Gasteiger partial charge >= 0.3 is 6.03 Å². The number of piperidine rings is 1. The van der Waals surface area contributed by atoms with Gasteiger partial charge in [-0.15, -0.1) is 0 Å². The Bertz CT molecular complexity index is 590. The summed E-state index contributed by atoms with van der Waals surface area (Å²) >= 11 is 0. The maximum Gasteiger partial charge on any atom is 0.317 e. The minimum atomic E-state index is 0.0181. The van der Waals surface area contributed by atoms with Gasteiger partial charge in [-0.3, -0.25) is 9.69 Å². The van der Waals surface area contributed by atoms with Crippen molar-refractivity contribution in [3.05, 3.63) is 11.8 Å². The van der Waals surface area contributed by atoms with E-state index in [1.165, 1.54) is 0 Å². The average Bonchev–Trinajstić information content (AvgIpc) is 2.63. The first-order valence-corrected chi connectivity index (χ1v) is 11.1. The van der Waals surface area contributed by atoms with E-state index >= 15 is 0 Å². The summed E-state index contributed by atoms with van der Waals surface area (Å²) in [6.07, 6.45) is 5.37. The quantitative estimate of drug-likeness (QED) is 0.623. The third-order valence-electron chi connectivity index (χ3n) is 6.03. The molecule has 166 valence electrons. The molecule has 0 bridgehead atoms. The third kappa shape index (κ3) is 6.71. The van der Waals surface area contributed by atoms with Crippen LogP contribution < -0.4 is 5.32 Å². The smallest absolute Gasteiger partial charge is 0.317 e. The second-order valence-corrected chi connectivity index (χ2v) is 9.04. The lowest BCUT2D eigenvalue weighted by molar-refractivity contribution is -0.119. The summed E-state index contributed by atoms with van der Waals surface area (Å²) in [5.41, 5.74) is 0.945. The van der Waals surface area contributed by atoms with Crippen molar-refractivity contribution >= 4 is 11.8 Å². The fourth-order valence-electron chi connectivity index (χ4n) is 4.61. The van der Waals surface area contributed by atoms with Crippen molar-refractivity contribution < 1.29 is 9.59 Å². The molecule has 2 amide bonds. The number of carbonyl (C=O) groups excluding carboxylic acids is 2. The van der Waals surface area contributed by atoms with Gasteiger partial charge in [-0.2, -0.15) is 0 Å². The molecule has 1 saturated heterocycles. The van der Waals surface area contributed by atoms with Crippen molar-refractivity contribution in [3.8, 4) is 0 Å². The molecule has 2 rings (SSSR count). The number of urea groups is 1. The SMILES string of the molecule is CCCN1C[C@@H](NC(=O)N(CC)CCN(C)C)C[C@@H]2CC(=O)/C(=C/N(C)C)C[C@H]21. The number of ketones is 1. The molecule has 1 aliphatic carbocycles. The number of nitrogens with zero attached hydrogens (tertiary/aromatic N) is 4. The number of hydrogen-bond acceptors (Lipinski definition) is 5. The molecular formula is C22H41N5O2. The number of nitrogens with one attached hydrogen (secondary N) is 1. The molecular weight excluding hydrogens is 366 g/mol. The molecule has 0 aromatic heterocycles. The fourth-order valence-corrected chi connectivity index (χ4v) is 4.61. The summed E-state index contributed by atoms with van der Waals surface area (Å²) in [5.74, 6) is 0.591. The Balaban J connectivity index is 2.05. The van der Waals surface area contributed by atoms with Crippen LogP contribution in [0.4, 0.5) is 4.79 Å². The molecule has 7 heteroatoms. The van der Waals surface area contributed by atoms with Gasteiger partial charge in [0.1, 0.15) is 0 Å². The molecule has 1 saturated carbocycles. The van der Waals surface area contributed by atoms with Crippen LogP contribution in [0.5, 0.6) is 0 Å². The highest BCUT2D eigenvalue weighted by molar-refractivity contribution is 5.96. The zero-order valence-electron chi connectivity index (χ0n) is 19.3. The lowest BCUT2D eigenvalue weighted by Gasteiger charge is -2.47. The minimum absolute atomic E-state index is 0.0181. The van der Waals surface area contributed by atoms with Crippen LogP contribution in [0.1, 0.15) is 39.5 Å². The topological polar surface area (TPSA) is 59.1 Å². The van der Waals surface area contributed by atoms with E-state index in [4.69, 9.17) is 0 Å². The molecule has 0 aromatic rings. The van der Waals surface area contributed by atoms with E-state index in [2.05, 4.69) is 22.0 Å². The van der Waals surface area contributed by atoms with Crippen molar-refractivity contribution in [1.29, 1.82) is 0 Å². The second-order valence-electron chi connectivity index (χ2n) is 9.04. The summed E-state index contributed by atoms with van der Waals surface area (Å²) in [6.45, 7) is 8.38. The zero-order chi connectivity index (χ0) is 21.6. The number of rotatable bonds is 8. The monoisotopic (exact) mass is 407 g/mol. The number of carbonyl (C=O) groups is 2. The Labute approximate surface area is 177 Å². The van der Waals surface area contributed by atoms with E-state index in [1.54, 1.807) is 0 Å². The van der Waals surface area contributed by atoms with Crippen molar-refractivity contribution in [3.63, 3.8) is 0 Å². The summed E-state index contributed by atoms with van der Waals surface area (Å²) in [6, 6.07) is 0.531. The molecule has 0 radical (unpaired) electrons. The molecule has 0 aromatic carbocycles. The molecule has 2 aliphatic rings. The molecule has 0 unspecified atom stereocenters. The molecule has 0 spiro atoms. The number of hydrogen-bond donors (Lipinski definition) is 1. The Kier molecular flexibility index (Phi) is 8.96. The largest absolute Gasteiger partial charge is 0.383 e. The van der Waals surface area contributed by atoms with E-state index in [-0.39, 0.29) is 17.9 Å². The Morgan fingerprint density at radius 2 is 1.90 bits per heavy atom. The van der Waals surface area contributed by atoms with Gasteiger partial charge in [0.15, 0.2) is 5.78 Å². The summed E-state index contributed by atoms with van der Waals surface area (Å²) < 4.78 is 0. The summed E-state index contributed by atoms with van der Waals surface area (Å²) in [7, 11) is 7.99. The molecule has 1 N–H and O–H groups in total. The van der Waals surface area contributed by atoms with Crippen molar-refractivity contribution in [2.24, 2.45) is 5.92 Å². The van der Waals surface area contributed by atoms with Gasteiger partial charge in [0, 0.05) is 70.6 Å². The lowest BCUT2D eigenvalue weighted by Crippen LogP contribution is -2.59. The van der Waals surface area contributed by atoms with Gasteiger partial charge in [-0.25, -0.2) is 4.79 Å². The maximum absolute atomic E-state index is 12.8. The van der Waals surface area contributed by atoms with Gasteiger partial charge in [-0.1, -0.05) is 6.92 Å². The predicted molar refractivity (Wildman–Crippen MR) is 118 cm³/mol. The van der Waals surface area contributed by atoms with Crippen LogP contribution in [0.2, 0.25) is 0 Å². The first-order chi connectivity index (χ1) is 13.7. The van der Waals surface area contributed by atoms with Gasteiger partial charge in [0.05, 0.1) is 0 Å². The first-order valence-electron chi connectivity index (χ1n) is 11.1. The summed E-state index contributed by atoms with van der Waals surface area (Å²) in [4.78, 5) is 33.9. The van der Waals surface area contributed by atoms with Crippen LogP contribution in [-0.4, -0.2) is 104 Å². The maximum atomic E-state index is 12.8. The lowest BCUT2D eigenvalue weighted by atomic mass is 9.74. The van der Waals surface area contributed by atoms with Crippen LogP contribution in [0.15, 0.2) is 11.8 Å². The third-order valence-corrected chi connectivity index (χ3v) is 6.03. The molecule has 7 nitrogen and oxygen atoms in total. The van der Waals surface area contributed by atoms with Crippen molar-refractivity contribution in [2.75, 3.05) is 60.9 Å². The second kappa shape index (κ2) is 11.0. The number of Topliss-reactive ketones (excluding diaryl/α,β-unsaturated/α-hetero) is 1. The Morgan fingerprint density at radius 3 is 2.48 bits per heavy atom. The van der Waals surface area contributed by atoms with Crippen molar-refractivity contribution in [1.82, 2.24) is 24.9 Å². The van der Waals surface area contributed by atoms with Crippen LogP contribution in [0.3, 0.4) is 0 Å². The number of fused-ring (bicyclic) bond motifs is 1. The highest BCUT2D eigenvalue weighted by Crippen LogP contribution is 2.36. The Morgan fingerprint density at radius 1 is 1.17 bits per heavy atom. The number of likely N-dealkylation sites (N-methyl/N-ethyl adjacent to an activating group) is 2. The van der Waals surface area contributed by atoms with E-state index in [1.807, 2.05) is 51.1 Å². The molecule has 1 heterocycles. The average molecular weight is 408 g/mol. The standard InChI is InChI=1S/C22H41N5O2/c1-7-9-27-16-19(23-22(29)26(8-2)11-10-24(3)4)12-17-14-21(28)18(13-20(17)27)15-25(5)6/h15,17,19-20H,7-14,16H2,1-6H3,(H,23,29)/b18-15+/t17-,19+,20-/m1/s1. The highest BCUT2D eigenvalue weighted by Gasteiger charge is 2.41. The van der Waals surface area contributed by atoms with Crippen LogP contribution in [0, 0.1) is 5.92 Å². The van der Waals surface area contributed by atoms with Crippen LogP contribution in [0.25, 0.3) is 0 Å². The minimum Gasteiger partial charge on any atom is -0.383 e. The molecule has 29 heavy (non-hydrogen) atoms. The molecule has 3 atom stereocenters. The number of amides is 2. The Hall–Kier alpha value is -1.60. The van der Waals surface area contributed by atoms with E-state index in [0.717, 1.165) is 51.0 Å². The number of likely N-dealkylation sites (tertiary alicyclic amines) is 1. The first kappa shape index (κ1) is 23.7. The van der Waals surface area contributed by atoms with E-state index in [0.29, 0.717) is 24.9 Å². The highest BCUT2D eigenvalue weighted by atomic mass is 16.2. The zero-order valence-corrected chi connectivity index (χ0v) is 19.3.